The quantitative estimate of drug-likeness (QED) is 0.652. The third-order valence-corrected chi connectivity index (χ3v) is 6.11. The molecule has 4 rings (SSSR count). The molecular weight excluding hydrogens is 360 g/mol. The third kappa shape index (κ3) is 3.69. The van der Waals surface area contributed by atoms with E-state index in [1.165, 1.54) is 11.3 Å². The molecule has 0 radical (unpaired) electrons. The number of thiophene rings is 1. The number of hydrogen-bond donors (Lipinski definition) is 0. The van der Waals surface area contributed by atoms with Gasteiger partial charge in [0, 0.05) is 49.5 Å². The molecule has 1 aromatic heterocycles. The number of nitrogens with zero attached hydrogens (tertiary/aromatic N) is 2. The van der Waals surface area contributed by atoms with Crippen LogP contribution in [0.1, 0.15) is 18.4 Å². The molecule has 4 heterocycles. The maximum atomic E-state index is 12.6. The van der Waals surface area contributed by atoms with Gasteiger partial charge < -0.3 is 14.5 Å². The van der Waals surface area contributed by atoms with E-state index in [0.717, 1.165) is 16.3 Å². The molecule has 0 aliphatic carbocycles. The van der Waals surface area contributed by atoms with Crippen LogP contribution in [0.4, 0.5) is 4.79 Å². The zero-order valence-corrected chi connectivity index (χ0v) is 15.3. The summed E-state index contributed by atoms with van der Waals surface area (Å²) in [6.45, 7) is 2.90. The van der Waals surface area contributed by atoms with Gasteiger partial charge in [0.05, 0.1) is 16.4 Å². The standard InChI is InChI=1S/C18H19ClN2O3S/c19-17-5-12(11-25-17)1-2-13-7-21(8-13)18(23)20-4-3-16-14(9-20)6-15(22)10-24-16/h5,11,13-14,16H,3-4,6-10H2/t14-,16+/m1/s1. The summed E-state index contributed by atoms with van der Waals surface area (Å²) in [7, 11) is 0. The minimum absolute atomic E-state index is 0.0631. The summed E-state index contributed by atoms with van der Waals surface area (Å²) in [5, 5.41) is 1.94. The summed E-state index contributed by atoms with van der Waals surface area (Å²) in [6.07, 6.45) is 1.49. The number of carbonyl (C=O) groups excluding carboxylic acids is 2. The lowest BCUT2D eigenvalue weighted by Crippen LogP contribution is -2.58. The number of likely N-dealkylation sites (tertiary alicyclic amines) is 2. The monoisotopic (exact) mass is 378 g/mol. The van der Waals surface area contributed by atoms with Gasteiger partial charge in [-0.3, -0.25) is 4.79 Å². The smallest absolute Gasteiger partial charge is 0.320 e. The van der Waals surface area contributed by atoms with Gasteiger partial charge in [0.25, 0.3) is 0 Å². The van der Waals surface area contributed by atoms with Crippen LogP contribution in [0.3, 0.4) is 0 Å². The Bertz CT molecular complexity index is 747. The number of piperidine rings is 1. The van der Waals surface area contributed by atoms with Gasteiger partial charge in [0.2, 0.25) is 0 Å². The molecule has 0 spiro atoms. The first-order chi connectivity index (χ1) is 12.1. The first kappa shape index (κ1) is 16.9. The normalized spacial score (nSPS) is 26.5. The SMILES string of the molecule is O=C1CO[C@H]2CCN(C(=O)N3CC(C#Cc4csc(Cl)c4)C3)C[C@H]2C1. The number of carbonyl (C=O) groups is 2. The summed E-state index contributed by atoms with van der Waals surface area (Å²) in [4.78, 5) is 27.9. The van der Waals surface area contributed by atoms with Crippen molar-refractivity contribution in [2.45, 2.75) is 18.9 Å². The first-order valence-corrected chi connectivity index (χ1v) is 9.77. The van der Waals surface area contributed by atoms with Crippen molar-refractivity contribution in [2.24, 2.45) is 11.8 Å². The second-order valence-electron chi connectivity index (χ2n) is 6.88. The van der Waals surface area contributed by atoms with E-state index in [1.54, 1.807) is 0 Å². The molecular formula is C18H19ClN2O3S. The first-order valence-electron chi connectivity index (χ1n) is 8.51. The van der Waals surface area contributed by atoms with Crippen LogP contribution in [0.15, 0.2) is 11.4 Å². The van der Waals surface area contributed by atoms with Crippen molar-refractivity contribution in [1.29, 1.82) is 0 Å². The molecule has 3 fully saturated rings. The van der Waals surface area contributed by atoms with Crippen LogP contribution in [0.5, 0.6) is 0 Å². The highest BCUT2D eigenvalue weighted by molar-refractivity contribution is 7.14. The fourth-order valence-electron chi connectivity index (χ4n) is 3.64. The Kier molecular flexibility index (Phi) is 4.72. The van der Waals surface area contributed by atoms with Gasteiger partial charge in [-0.2, -0.15) is 0 Å². The average Bonchev–Trinajstić information content (AvgIpc) is 2.97. The molecule has 7 heteroatoms. The lowest BCUT2D eigenvalue weighted by Gasteiger charge is -2.45. The predicted octanol–water partition coefficient (Wildman–Crippen LogP) is 2.48. The van der Waals surface area contributed by atoms with Crippen LogP contribution in [0, 0.1) is 23.7 Å². The molecule has 1 aromatic rings. The average molecular weight is 379 g/mol. The summed E-state index contributed by atoms with van der Waals surface area (Å²) in [6, 6.07) is 1.92. The second kappa shape index (κ2) is 6.99. The van der Waals surface area contributed by atoms with Gasteiger partial charge in [-0.15, -0.1) is 11.3 Å². The van der Waals surface area contributed by atoms with Gasteiger partial charge in [-0.1, -0.05) is 23.4 Å². The molecule has 3 saturated heterocycles. The zero-order valence-electron chi connectivity index (χ0n) is 13.7. The van der Waals surface area contributed by atoms with Crippen LogP contribution < -0.4 is 0 Å². The molecule has 0 bridgehead atoms. The van der Waals surface area contributed by atoms with Crippen molar-refractivity contribution < 1.29 is 14.3 Å². The molecule has 0 unspecified atom stereocenters. The molecule has 0 saturated carbocycles. The number of urea groups is 1. The van der Waals surface area contributed by atoms with Gasteiger partial charge in [0.1, 0.15) is 6.61 Å². The lowest BCUT2D eigenvalue weighted by molar-refractivity contribution is -0.140. The van der Waals surface area contributed by atoms with Gasteiger partial charge in [-0.25, -0.2) is 4.79 Å². The van der Waals surface area contributed by atoms with E-state index in [9.17, 15) is 9.59 Å². The van der Waals surface area contributed by atoms with Crippen molar-refractivity contribution in [3.63, 3.8) is 0 Å². The van der Waals surface area contributed by atoms with Crippen LogP contribution in [-0.4, -0.2) is 60.5 Å². The molecule has 25 heavy (non-hydrogen) atoms. The Balaban J connectivity index is 1.28. The summed E-state index contributed by atoms with van der Waals surface area (Å²) < 4.78 is 6.33. The Morgan fingerprint density at radius 3 is 2.92 bits per heavy atom. The largest absolute Gasteiger partial charge is 0.370 e. The number of fused-ring (bicyclic) bond motifs is 1. The van der Waals surface area contributed by atoms with E-state index in [-0.39, 0.29) is 36.4 Å². The van der Waals surface area contributed by atoms with E-state index >= 15 is 0 Å². The number of rotatable bonds is 0. The molecule has 5 nitrogen and oxygen atoms in total. The Labute approximate surface area is 155 Å². The van der Waals surface area contributed by atoms with E-state index in [2.05, 4.69) is 11.8 Å². The van der Waals surface area contributed by atoms with Crippen molar-refractivity contribution in [3.05, 3.63) is 21.3 Å². The molecule has 2 amide bonds. The maximum absolute atomic E-state index is 12.6. The summed E-state index contributed by atoms with van der Waals surface area (Å²) in [5.41, 5.74) is 0.934. The van der Waals surface area contributed by atoms with Crippen molar-refractivity contribution in [3.8, 4) is 11.8 Å². The van der Waals surface area contributed by atoms with Gasteiger partial charge in [-0.05, 0) is 12.5 Å². The lowest BCUT2D eigenvalue weighted by atomic mass is 9.88. The number of ketones is 1. The number of hydrogen-bond acceptors (Lipinski definition) is 4. The highest BCUT2D eigenvalue weighted by Crippen LogP contribution is 2.28. The van der Waals surface area contributed by atoms with E-state index in [4.69, 9.17) is 16.3 Å². The molecule has 3 aliphatic rings. The van der Waals surface area contributed by atoms with Crippen molar-refractivity contribution in [2.75, 3.05) is 32.8 Å². The fourth-order valence-corrected chi connectivity index (χ4v) is 4.45. The molecule has 3 aliphatic heterocycles. The maximum Gasteiger partial charge on any atom is 0.320 e. The van der Waals surface area contributed by atoms with Crippen LogP contribution in [0.25, 0.3) is 0 Å². The predicted molar refractivity (Wildman–Crippen MR) is 95.7 cm³/mol. The molecule has 132 valence electrons. The fraction of sp³-hybridized carbons (Fsp3) is 0.556. The number of amides is 2. The van der Waals surface area contributed by atoms with Crippen LogP contribution >= 0.6 is 22.9 Å². The van der Waals surface area contributed by atoms with Gasteiger partial charge in [0.15, 0.2) is 5.78 Å². The van der Waals surface area contributed by atoms with Crippen molar-refractivity contribution in [1.82, 2.24) is 9.80 Å². The van der Waals surface area contributed by atoms with Gasteiger partial charge >= 0.3 is 6.03 Å². The summed E-state index contributed by atoms with van der Waals surface area (Å²) >= 11 is 7.37. The number of halogens is 1. The minimum Gasteiger partial charge on any atom is -0.370 e. The van der Waals surface area contributed by atoms with E-state index in [0.29, 0.717) is 32.6 Å². The second-order valence-corrected chi connectivity index (χ2v) is 8.42. The van der Waals surface area contributed by atoms with E-state index in [1.807, 2.05) is 21.2 Å². The van der Waals surface area contributed by atoms with Crippen LogP contribution in [-0.2, 0) is 9.53 Å². The molecule has 2 atom stereocenters. The van der Waals surface area contributed by atoms with Crippen molar-refractivity contribution >= 4 is 34.8 Å². The highest BCUT2D eigenvalue weighted by Gasteiger charge is 2.39. The number of ether oxygens (including phenoxy) is 1. The molecule has 0 aromatic carbocycles. The van der Waals surface area contributed by atoms with Crippen LogP contribution in [0.2, 0.25) is 4.34 Å². The number of Topliss-reactive ketones (excluding diaryl/α,β-unsaturated/α-hetero) is 1. The summed E-state index contributed by atoms with van der Waals surface area (Å²) in [5.74, 6) is 6.84. The third-order valence-electron chi connectivity index (χ3n) is 5.02. The Morgan fingerprint density at radius 1 is 1.32 bits per heavy atom. The van der Waals surface area contributed by atoms with E-state index < -0.39 is 0 Å². The molecule has 0 N–H and O–H groups in total. The Morgan fingerprint density at radius 2 is 2.16 bits per heavy atom. The minimum atomic E-state index is 0.0631. The highest BCUT2D eigenvalue weighted by atomic mass is 35.5. The topological polar surface area (TPSA) is 49.9 Å². The Hall–Kier alpha value is -1.55. The zero-order chi connectivity index (χ0) is 17.4.